The van der Waals surface area contributed by atoms with Crippen molar-refractivity contribution in [2.24, 2.45) is 0 Å². The van der Waals surface area contributed by atoms with Crippen molar-refractivity contribution in [2.75, 3.05) is 13.6 Å². The first-order valence-corrected chi connectivity index (χ1v) is 6.47. The molecule has 1 heterocycles. The molecule has 2 rings (SSSR count). The van der Waals surface area contributed by atoms with Gasteiger partial charge < -0.3 is 10.0 Å². The molecule has 0 aliphatic carbocycles. The fourth-order valence-corrected chi connectivity index (χ4v) is 2.85. The highest BCUT2D eigenvalue weighted by molar-refractivity contribution is 5.26. The van der Waals surface area contributed by atoms with Crippen LogP contribution in [-0.2, 0) is 5.41 Å². The minimum atomic E-state index is -0.308. The Morgan fingerprint density at radius 3 is 2.47 bits per heavy atom. The molecule has 0 saturated carbocycles. The van der Waals surface area contributed by atoms with Crippen molar-refractivity contribution in [1.29, 1.82) is 0 Å². The Morgan fingerprint density at radius 1 is 1.29 bits per heavy atom. The van der Waals surface area contributed by atoms with Crippen molar-refractivity contribution in [1.82, 2.24) is 4.90 Å². The zero-order valence-electron chi connectivity index (χ0n) is 11.1. The van der Waals surface area contributed by atoms with Crippen LogP contribution in [0.4, 0.5) is 0 Å². The maximum Gasteiger partial charge on any atom is 0.0786 e. The van der Waals surface area contributed by atoms with Crippen molar-refractivity contribution < 1.29 is 5.11 Å². The molecule has 1 fully saturated rings. The van der Waals surface area contributed by atoms with Gasteiger partial charge >= 0.3 is 0 Å². The van der Waals surface area contributed by atoms with Gasteiger partial charge in [-0.2, -0.15) is 0 Å². The molecule has 1 aliphatic heterocycles. The predicted octanol–water partition coefficient (Wildman–Crippen LogP) is 2.42. The normalized spacial score (nSPS) is 23.9. The third kappa shape index (κ3) is 2.38. The minimum Gasteiger partial charge on any atom is -0.391 e. The lowest BCUT2D eigenvalue weighted by Crippen LogP contribution is -2.47. The third-order valence-corrected chi connectivity index (χ3v) is 4.20. The van der Waals surface area contributed by atoms with Gasteiger partial charge in [-0.15, -0.1) is 0 Å². The summed E-state index contributed by atoms with van der Waals surface area (Å²) in [5.74, 6) is 0. The van der Waals surface area contributed by atoms with Crippen LogP contribution in [-0.4, -0.2) is 35.7 Å². The Bertz CT molecular complexity index is 360. The summed E-state index contributed by atoms with van der Waals surface area (Å²) in [5, 5.41) is 10.7. The van der Waals surface area contributed by atoms with Crippen LogP contribution in [0.15, 0.2) is 30.3 Å². The van der Waals surface area contributed by atoms with E-state index in [4.69, 9.17) is 0 Å². The van der Waals surface area contributed by atoms with E-state index >= 15 is 0 Å². The number of benzene rings is 1. The van der Waals surface area contributed by atoms with Gasteiger partial charge in [-0.25, -0.2) is 0 Å². The average Bonchev–Trinajstić information content (AvgIpc) is 2.75. The molecule has 1 aromatic rings. The summed E-state index contributed by atoms with van der Waals surface area (Å²) in [6, 6.07) is 10.6. The Kier molecular flexibility index (Phi) is 3.55. The highest BCUT2D eigenvalue weighted by Crippen LogP contribution is 2.33. The smallest absolute Gasteiger partial charge is 0.0786 e. The summed E-state index contributed by atoms with van der Waals surface area (Å²) in [5.41, 5.74) is 1.03. The van der Waals surface area contributed by atoms with Gasteiger partial charge in [0.25, 0.3) is 0 Å². The molecule has 2 nitrogen and oxygen atoms in total. The molecule has 0 aromatic heterocycles. The first-order chi connectivity index (χ1) is 8.03. The molecular formula is C15H23NO. The predicted molar refractivity (Wildman–Crippen MR) is 71.1 cm³/mol. The van der Waals surface area contributed by atoms with Crippen LogP contribution in [0.25, 0.3) is 0 Å². The first kappa shape index (κ1) is 12.6. The van der Waals surface area contributed by atoms with Crippen LogP contribution in [0.3, 0.4) is 0 Å². The maximum absolute atomic E-state index is 10.7. The number of hydrogen-bond acceptors (Lipinski definition) is 2. The molecule has 1 aromatic carbocycles. The number of hydrogen-bond donors (Lipinski definition) is 1. The van der Waals surface area contributed by atoms with Gasteiger partial charge in [-0.3, -0.25) is 0 Å². The maximum atomic E-state index is 10.7. The fourth-order valence-electron chi connectivity index (χ4n) is 2.85. The van der Waals surface area contributed by atoms with Crippen molar-refractivity contribution in [2.45, 2.75) is 44.2 Å². The van der Waals surface area contributed by atoms with Crippen molar-refractivity contribution >= 4 is 0 Å². The van der Waals surface area contributed by atoms with E-state index in [2.05, 4.69) is 37.9 Å². The number of aliphatic hydroxyl groups excluding tert-OH is 1. The molecule has 1 saturated heterocycles. The van der Waals surface area contributed by atoms with Gasteiger partial charge in [-0.05, 0) is 32.0 Å². The molecule has 0 amide bonds. The van der Waals surface area contributed by atoms with Crippen LogP contribution >= 0.6 is 0 Å². The molecule has 0 radical (unpaired) electrons. The highest BCUT2D eigenvalue weighted by Gasteiger charge is 2.38. The number of likely N-dealkylation sites (N-methyl/N-ethyl adjacent to an activating group) is 1. The molecule has 0 spiro atoms. The van der Waals surface area contributed by atoms with E-state index in [1.807, 2.05) is 18.2 Å². The van der Waals surface area contributed by atoms with Crippen LogP contribution in [0.5, 0.6) is 0 Å². The van der Waals surface area contributed by atoms with Crippen LogP contribution in [0.1, 0.15) is 32.3 Å². The summed E-state index contributed by atoms with van der Waals surface area (Å²) in [4.78, 5) is 2.29. The molecule has 2 atom stereocenters. The van der Waals surface area contributed by atoms with Gasteiger partial charge in [0.15, 0.2) is 0 Å². The molecular weight excluding hydrogens is 210 g/mol. The van der Waals surface area contributed by atoms with E-state index in [0.717, 1.165) is 13.0 Å². The standard InChI is InChI=1S/C15H23NO/c1-15(2,12-8-5-4-6-9-12)14(17)13-10-7-11-16(13)3/h4-6,8-9,13-14,17H,7,10-11H2,1-3H3/t13-,14-/m0/s1. The summed E-state index contributed by atoms with van der Waals surface area (Å²) in [6.07, 6.45) is 1.99. The third-order valence-electron chi connectivity index (χ3n) is 4.20. The molecule has 0 bridgehead atoms. The molecule has 94 valence electrons. The van der Waals surface area contributed by atoms with E-state index in [1.54, 1.807) is 0 Å². The van der Waals surface area contributed by atoms with Gasteiger partial charge in [0.2, 0.25) is 0 Å². The lowest BCUT2D eigenvalue weighted by Gasteiger charge is -2.37. The van der Waals surface area contributed by atoms with E-state index in [-0.39, 0.29) is 11.5 Å². The average molecular weight is 233 g/mol. The highest BCUT2D eigenvalue weighted by atomic mass is 16.3. The van der Waals surface area contributed by atoms with Gasteiger partial charge in [0.05, 0.1) is 6.10 Å². The SMILES string of the molecule is CN1CCC[C@H]1[C@H](O)C(C)(C)c1ccccc1. The van der Waals surface area contributed by atoms with Gasteiger partial charge in [0, 0.05) is 11.5 Å². The van der Waals surface area contributed by atoms with E-state index in [9.17, 15) is 5.11 Å². The number of nitrogens with zero attached hydrogens (tertiary/aromatic N) is 1. The molecule has 17 heavy (non-hydrogen) atoms. The Morgan fingerprint density at radius 2 is 1.94 bits per heavy atom. The second kappa shape index (κ2) is 4.79. The molecule has 0 unspecified atom stereocenters. The second-order valence-electron chi connectivity index (χ2n) is 5.72. The zero-order chi connectivity index (χ0) is 12.5. The zero-order valence-corrected chi connectivity index (χ0v) is 11.1. The Balaban J connectivity index is 2.20. The summed E-state index contributed by atoms with van der Waals surface area (Å²) in [7, 11) is 2.11. The topological polar surface area (TPSA) is 23.5 Å². The monoisotopic (exact) mass is 233 g/mol. The molecule has 2 heteroatoms. The number of likely N-dealkylation sites (tertiary alicyclic amines) is 1. The number of rotatable bonds is 3. The van der Waals surface area contributed by atoms with Gasteiger partial charge in [0.1, 0.15) is 0 Å². The van der Waals surface area contributed by atoms with Gasteiger partial charge in [-0.1, -0.05) is 44.2 Å². The lowest BCUT2D eigenvalue weighted by atomic mass is 9.76. The quantitative estimate of drug-likeness (QED) is 0.866. The van der Waals surface area contributed by atoms with Crippen molar-refractivity contribution in [3.8, 4) is 0 Å². The van der Waals surface area contributed by atoms with E-state index in [0.29, 0.717) is 6.04 Å². The summed E-state index contributed by atoms with van der Waals surface area (Å²) >= 11 is 0. The Labute approximate surface area is 104 Å². The molecule has 1 N–H and O–H groups in total. The first-order valence-electron chi connectivity index (χ1n) is 6.47. The van der Waals surface area contributed by atoms with E-state index < -0.39 is 0 Å². The fraction of sp³-hybridized carbons (Fsp3) is 0.600. The van der Waals surface area contributed by atoms with Crippen molar-refractivity contribution in [3.05, 3.63) is 35.9 Å². The van der Waals surface area contributed by atoms with Crippen LogP contribution in [0, 0.1) is 0 Å². The summed E-state index contributed by atoms with van der Waals surface area (Å²) in [6.45, 7) is 5.38. The van der Waals surface area contributed by atoms with Crippen LogP contribution < -0.4 is 0 Å². The summed E-state index contributed by atoms with van der Waals surface area (Å²) < 4.78 is 0. The second-order valence-corrected chi connectivity index (χ2v) is 5.72. The van der Waals surface area contributed by atoms with E-state index in [1.165, 1.54) is 12.0 Å². The molecule has 1 aliphatic rings. The lowest BCUT2D eigenvalue weighted by molar-refractivity contribution is 0.0306. The largest absolute Gasteiger partial charge is 0.391 e. The Hall–Kier alpha value is -0.860. The minimum absolute atomic E-state index is 0.190. The number of aliphatic hydroxyl groups is 1. The van der Waals surface area contributed by atoms with Crippen LogP contribution in [0.2, 0.25) is 0 Å². The van der Waals surface area contributed by atoms with Crippen molar-refractivity contribution in [3.63, 3.8) is 0 Å².